The van der Waals surface area contributed by atoms with E-state index in [1.54, 1.807) is 18.1 Å². The Bertz CT molecular complexity index is 1100. The van der Waals surface area contributed by atoms with Gasteiger partial charge in [0, 0.05) is 22.2 Å². The predicted octanol–water partition coefficient (Wildman–Crippen LogP) is 4.87. The Kier molecular flexibility index (Phi) is 5.64. The highest BCUT2D eigenvalue weighted by molar-refractivity contribution is 7.98. The Balaban J connectivity index is 1.36. The molecule has 0 bridgehead atoms. The molecule has 7 heteroatoms. The van der Waals surface area contributed by atoms with Crippen LogP contribution >= 0.6 is 23.1 Å². The van der Waals surface area contributed by atoms with E-state index >= 15 is 0 Å². The number of nitrogens with one attached hydrogen (secondary N) is 1. The molecule has 0 atom stereocenters. The van der Waals surface area contributed by atoms with Crippen LogP contribution in [-0.4, -0.2) is 20.9 Å². The molecule has 0 fully saturated rings. The summed E-state index contributed by atoms with van der Waals surface area (Å²) >= 11 is 3.14. The number of thiazole rings is 1. The van der Waals surface area contributed by atoms with Crippen molar-refractivity contribution in [2.24, 2.45) is 0 Å². The number of rotatable bonds is 6. The van der Waals surface area contributed by atoms with E-state index in [1.807, 2.05) is 60.8 Å². The molecule has 0 saturated carbocycles. The first kappa shape index (κ1) is 18.6. The van der Waals surface area contributed by atoms with Crippen molar-refractivity contribution in [1.82, 2.24) is 15.0 Å². The number of hydrogen-bond acceptors (Lipinski definition) is 6. The summed E-state index contributed by atoms with van der Waals surface area (Å²) in [6.07, 6.45) is 1.87. The second-order valence-electron chi connectivity index (χ2n) is 6.31. The molecule has 28 heavy (non-hydrogen) atoms. The summed E-state index contributed by atoms with van der Waals surface area (Å²) < 4.78 is 0. The highest BCUT2D eigenvalue weighted by Gasteiger charge is 2.10. The fourth-order valence-electron chi connectivity index (χ4n) is 2.71. The first-order chi connectivity index (χ1) is 13.7. The monoisotopic (exact) mass is 406 g/mol. The average molecular weight is 407 g/mol. The molecule has 1 amide bonds. The lowest BCUT2D eigenvalue weighted by Crippen LogP contribution is -2.14. The summed E-state index contributed by atoms with van der Waals surface area (Å²) in [6.45, 7) is 2.02. The van der Waals surface area contributed by atoms with Gasteiger partial charge in [-0.1, -0.05) is 47.7 Å². The van der Waals surface area contributed by atoms with Gasteiger partial charge in [-0.2, -0.15) is 0 Å². The van der Waals surface area contributed by atoms with Gasteiger partial charge >= 0.3 is 0 Å². The number of hydrogen-bond donors (Lipinski definition) is 1. The number of carbonyl (C=O) groups excluding carboxylic acids is 1. The molecule has 5 nitrogen and oxygen atoms in total. The summed E-state index contributed by atoms with van der Waals surface area (Å²) in [4.78, 5) is 25.5. The van der Waals surface area contributed by atoms with Crippen molar-refractivity contribution in [3.63, 3.8) is 0 Å². The van der Waals surface area contributed by atoms with Crippen LogP contribution in [0, 0.1) is 6.92 Å². The normalized spacial score (nSPS) is 10.9. The molecule has 0 aliphatic carbocycles. The van der Waals surface area contributed by atoms with Crippen molar-refractivity contribution in [2.75, 3.05) is 5.32 Å². The first-order valence-electron chi connectivity index (χ1n) is 8.80. The van der Waals surface area contributed by atoms with Gasteiger partial charge in [-0.05, 0) is 25.1 Å². The fraction of sp³-hybridized carbons (Fsp3) is 0.143. The lowest BCUT2D eigenvalue weighted by molar-refractivity contribution is -0.115. The third-order valence-corrected chi connectivity index (χ3v) is 6.05. The molecule has 140 valence electrons. The zero-order valence-electron chi connectivity index (χ0n) is 15.3. The maximum absolute atomic E-state index is 12.2. The van der Waals surface area contributed by atoms with E-state index in [4.69, 9.17) is 0 Å². The molecule has 0 spiro atoms. The van der Waals surface area contributed by atoms with Gasteiger partial charge in [-0.15, -0.1) is 11.3 Å². The van der Waals surface area contributed by atoms with Crippen LogP contribution in [0.5, 0.6) is 0 Å². The molecule has 4 aromatic rings. The standard InChI is InChI=1S/C21H18N4OS2/c1-14-6-8-15(9-7-14)24-19(26)10-20-25-16(11-27-20)12-28-21-17-4-2-3-5-18(17)22-13-23-21/h2-9,11,13H,10,12H2,1H3,(H,24,26). The minimum atomic E-state index is -0.0563. The van der Waals surface area contributed by atoms with Crippen molar-refractivity contribution in [2.45, 2.75) is 24.1 Å². The third kappa shape index (κ3) is 4.55. The van der Waals surface area contributed by atoms with Crippen LogP contribution in [0.15, 0.2) is 65.3 Å². The largest absolute Gasteiger partial charge is 0.326 e. The van der Waals surface area contributed by atoms with Crippen molar-refractivity contribution in [3.8, 4) is 0 Å². The van der Waals surface area contributed by atoms with E-state index in [2.05, 4.69) is 20.3 Å². The lowest BCUT2D eigenvalue weighted by Gasteiger charge is -2.04. The SMILES string of the molecule is Cc1ccc(NC(=O)Cc2nc(CSc3ncnc4ccccc34)cs2)cc1. The van der Waals surface area contributed by atoms with Crippen LogP contribution in [0.4, 0.5) is 5.69 Å². The average Bonchev–Trinajstić information content (AvgIpc) is 3.15. The van der Waals surface area contributed by atoms with Crippen LogP contribution in [0.1, 0.15) is 16.3 Å². The molecule has 2 heterocycles. The molecule has 0 saturated heterocycles. The lowest BCUT2D eigenvalue weighted by atomic mass is 10.2. The quantitative estimate of drug-likeness (QED) is 0.365. The molecule has 0 aliphatic heterocycles. The van der Waals surface area contributed by atoms with E-state index in [1.165, 1.54) is 11.3 Å². The van der Waals surface area contributed by atoms with Crippen LogP contribution in [0.2, 0.25) is 0 Å². The smallest absolute Gasteiger partial charge is 0.231 e. The van der Waals surface area contributed by atoms with Gasteiger partial charge in [-0.3, -0.25) is 4.79 Å². The number of thioether (sulfide) groups is 1. The highest BCUT2D eigenvalue weighted by atomic mass is 32.2. The van der Waals surface area contributed by atoms with Gasteiger partial charge in [0.15, 0.2) is 0 Å². The van der Waals surface area contributed by atoms with Crippen molar-refractivity contribution in [3.05, 3.63) is 76.5 Å². The van der Waals surface area contributed by atoms with Gasteiger partial charge in [-0.25, -0.2) is 15.0 Å². The summed E-state index contributed by atoms with van der Waals surface area (Å²) in [5, 5.41) is 7.71. The maximum Gasteiger partial charge on any atom is 0.231 e. The topological polar surface area (TPSA) is 67.8 Å². The molecular formula is C21H18N4OS2. The number of aromatic nitrogens is 3. The third-order valence-electron chi connectivity index (χ3n) is 4.11. The second kappa shape index (κ2) is 8.50. The van der Waals surface area contributed by atoms with Gasteiger partial charge in [0.25, 0.3) is 0 Å². The summed E-state index contributed by atoms with van der Waals surface area (Å²) in [5.41, 5.74) is 3.86. The molecule has 2 aromatic heterocycles. The number of anilines is 1. The molecule has 2 aromatic carbocycles. The van der Waals surface area contributed by atoms with Gasteiger partial charge in [0.05, 0.1) is 17.6 Å². The van der Waals surface area contributed by atoms with E-state index in [0.29, 0.717) is 5.75 Å². The summed E-state index contributed by atoms with van der Waals surface area (Å²) in [7, 11) is 0. The molecule has 0 aliphatic rings. The number of nitrogens with zero attached hydrogens (tertiary/aromatic N) is 3. The Morgan fingerprint density at radius 3 is 2.79 bits per heavy atom. The Hall–Kier alpha value is -2.77. The Morgan fingerprint density at radius 2 is 1.93 bits per heavy atom. The Morgan fingerprint density at radius 1 is 1.11 bits per heavy atom. The number of carbonyl (C=O) groups is 1. The fourth-order valence-corrected chi connectivity index (χ4v) is 4.49. The van der Waals surface area contributed by atoms with E-state index in [9.17, 15) is 4.79 Å². The molecule has 4 rings (SSSR count). The molecular weight excluding hydrogens is 388 g/mol. The van der Waals surface area contributed by atoms with Crippen molar-refractivity contribution in [1.29, 1.82) is 0 Å². The molecule has 0 unspecified atom stereocenters. The van der Waals surface area contributed by atoms with E-state index in [0.717, 1.165) is 37.9 Å². The number of benzene rings is 2. The van der Waals surface area contributed by atoms with Crippen LogP contribution in [0.3, 0.4) is 0 Å². The molecule has 1 N–H and O–H groups in total. The minimum Gasteiger partial charge on any atom is -0.326 e. The van der Waals surface area contributed by atoms with Crippen LogP contribution in [-0.2, 0) is 17.0 Å². The van der Waals surface area contributed by atoms with Gasteiger partial charge in [0.1, 0.15) is 16.4 Å². The number of fused-ring (bicyclic) bond motifs is 1. The van der Waals surface area contributed by atoms with E-state index in [-0.39, 0.29) is 12.3 Å². The number of para-hydroxylation sites is 1. The Labute approximate surface area is 171 Å². The maximum atomic E-state index is 12.2. The predicted molar refractivity (Wildman–Crippen MR) is 115 cm³/mol. The second-order valence-corrected chi connectivity index (χ2v) is 8.21. The first-order valence-corrected chi connectivity index (χ1v) is 10.7. The van der Waals surface area contributed by atoms with Crippen molar-refractivity contribution >= 4 is 45.6 Å². The number of amides is 1. The number of aryl methyl sites for hydroxylation is 1. The van der Waals surface area contributed by atoms with Crippen LogP contribution < -0.4 is 5.32 Å². The summed E-state index contributed by atoms with van der Waals surface area (Å²) in [6, 6.07) is 15.7. The zero-order chi connectivity index (χ0) is 19.3. The summed E-state index contributed by atoms with van der Waals surface area (Å²) in [5.74, 6) is 0.649. The van der Waals surface area contributed by atoms with Gasteiger partial charge in [0.2, 0.25) is 5.91 Å². The van der Waals surface area contributed by atoms with Crippen LogP contribution in [0.25, 0.3) is 10.9 Å². The highest BCUT2D eigenvalue weighted by Crippen LogP contribution is 2.27. The van der Waals surface area contributed by atoms with Gasteiger partial charge < -0.3 is 5.32 Å². The van der Waals surface area contributed by atoms with E-state index < -0.39 is 0 Å². The molecule has 0 radical (unpaired) electrons. The zero-order valence-corrected chi connectivity index (χ0v) is 16.9. The minimum absolute atomic E-state index is 0.0563. The van der Waals surface area contributed by atoms with Crippen molar-refractivity contribution < 1.29 is 4.79 Å².